The lowest BCUT2D eigenvalue weighted by molar-refractivity contribution is 1.15. The SMILES string of the molecule is O=c1[nH]cc(-c2c[nH]c3cc(Br)ccc23)nc1-c1c[nH]c2ccccc12. The molecule has 5 nitrogen and oxygen atoms in total. The second-order valence-corrected chi connectivity index (χ2v) is 7.02. The van der Waals surface area contributed by atoms with Gasteiger partial charge in [-0.25, -0.2) is 4.98 Å². The molecule has 0 fully saturated rings. The summed E-state index contributed by atoms with van der Waals surface area (Å²) >= 11 is 3.48. The Morgan fingerprint density at radius 1 is 0.808 bits per heavy atom. The highest BCUT2D eigenvalue weighted by Gasteiger charge is 2.14. The van der Waals surface area contributed by atoms with E-state index in [9.17, 15) is 4.79 Å². The summed E-state index contributed by atoms with van der Waals surface area (Å²) < 4.78 is 1.01. The van der Waals surface area contributed by atoms with Crippen molar-refractivity contribution in [3.63, 3.8) is 0 Å². The Balaban J connectivity index is 1.73. The smallest absolute Gasteiger partial charge is 0.274 e. The van der Waals surface area contributed by atoms with E-state index in [4.69, 9.17) is 0 Å². The summed E-state index contributed by atoms with van der Waals surface area (Å²) in [5, 5.41) is 2.03. The Hall–Kier alpha value is -3.12. The van der Waals surface area contributed by atoms with Gasteiger partial charge in [-0.2, -0.15) is 0 Å². The third-order valence-electron chi connectivity index (χ3n) is 4.55. The molecule has 0 saturated heterocycles. The summed E-state index contributed by atoms with van der Waals surface area (Å²) in [6.45, 7) is 0. The van der Waals surface area contributed by atoms with Gasteiger partial charge in [0, 0.05) is 56.0 Å². The number of fused-ring (bicyclic) bond motifs is 2. The van der Waals surface area contributed by atoms with Crippen LogP contribution in [0, 0.1) is 0 Å². The number of rotatable bonds is 2. The number of nitrogens with zero attached hydrogens (tertiary/aromatic N) is 1. The number of nitrogens with one attached hydrogen (secondary N) is 3. The zero-order valence-electron chi connectivity index (χ0n) is 13.5. The molecule has 2 aromatic carbocycles. The molecule has 0 bridgehead atoms. The number of hydrogen-bond acceptors (Lipinski definition) is 2. The molecule has 126 valence electrons. The Labute approximate surface area is 156 Å². The van der Waals surface area contributed by atoms with E-state index in [0.717, 1.165) is 43.1 Å². The number of benzene rings is 2. The van der Waals surface area contributed by atoms with Gasteiger partial charge in [0.05, 0.1) is 5.69 Å². The van der Waals surface area contributed by atoms with Crippen molar-refractivity contribution in [2.45, 2.75) is 0 Å². The van der Waals surface area contributed by atoms with E-state index in [0.29, 0.717) is 5.69 Å². The van der Waals surface area contributed by atoms with Crippen LogP contribution < -0.4 is 5.56 Å². The molecule has 0 radical (unpaired) electrons. The highest BCUT2D eigenvalue weighted by atomic mass is 79.9. The minimum atomic E-state index is -0.207. The summed E-state index contributed by atoms with van der Waals surface area (Å²) in [5.41, 5.74) is 4.66. The summed E-state index contributed by atoms with van der Waals surface area (Å²) in [6, 6.07) is 13.9. The zero-order chi connectivity index (χ0) is 17.7. The fraction of sp³-hybridized carbons (Fsp3) is 0. The first kappa shape index (κ1) is 15.2. The van der Waals surface area contributed by atoms with Crippen molar-refractivity contribution in [2.75, 3.05) is 0 Å². The van der Waals surface area contributed by atoms with Gasteiger partial charge < -0.3 is 15.0 Å². The number of para-hydroxylation sites is 1. The molecular formula is C20H13BrN4O. The van der Waals surface area contributed by atoms with Gasteiger partial charge in [0.1, 0.15) is 5.69 Å². The number of aromatic amines is 3. The van der Waals surface area contributed by atoms with E-state index >= 15 is 0 Å². The second kappa shape index (κ2) is 5.71. The van der Waals surface area contributed by atoms with Crippen LogP contribution >= 0.6 is 15.9 Å². The van der Waals surface area contributed by atoms with Crippen LogP contribution in [0.15, 0.2) is 70.3 Å². The summed E-state index contributed by atoms with van der Waals surface area (Å²) in [7, 11) is 0. The first-order valence-corrected chi connectivity index (χ1v) is 8.93. The van der Waals surface area contributed by atoms with E-state index in [1.54, 1.807) is 6.20 Å². The predicted octanol–water partition coefficient (Wildman–Crippen LogP) is 4.83. The molecule has 0 atom stereocenters. The van der Waals surface area contributed by atoms with E-state index < -0.39 is 0 Å². The number of hydrogen-bond donors (Lipinski definition) is 3. The van der Waals surface area contributed by atoms with Crippen LogP contribution in [0.2, 0.25) is 0 Å². The third-order valence-corrected chi connectivity index (χ3v) is 5.04. The largest absolute Gasteiger partial charge is 0.360 e. The maximum atomic E-state index is 12.4. The lowest BCUT2D eigenvalue weighted by Gasteiger charge is -2.03. The Morgan fingerprint density at radius 3 is 2.50 bits per heavy atom. The Bertz CT molecular complexity index is 1330. The zero-order valence-corrected chi connectivity index (χ0v) is 15.1. The molecule has 0 unspecified atom stereocenters. The van der Waals surface area contributed by atoms with Gasteiger partial charge in [0.15, 0.2) is 0 Å². The molecule has 3 aromatic heterocycles. The van der Waals surface area contributed by atoms with Crippen molar-refractivity contribution >= 4 is 37.7 Å². The lowest BCUT2D eigenvalue weighted by atomic mass is 10.1. The second-order valence-electron chi connectivity index (χ2n) is 6.10. The van der Waals surface area contributed by atoms with Crippen LogP contribution in [0.25, 0.3) is 44.3 Å². The van der Waals surface area contributed by atoms with E-state index in [1.165, 1.54) is 0 Å². The van der Waals surface area contributed by atoms with Crippen LogP contribution in [-0.2, 0) is 0 Å². The highest BCUT2D eigenvalue weighted by molar-refractivity contribution is 9.10. The Kier molecular flexibility index (Phi) is 3.33. The van der Waals surface area contributed by atoms with Crippen molar-refractivity contribution in [3.05, 3.63) is 75.9 Å². The van der Waals surface area contributed by atoms with Gasteiger partial charge in [0.2, 0.25) is 0 Å². The van der Waals surface area contributed by atoms with E-state index in [1.807, 2.05) is 54.9 Å². The lowest BCUT2D eigenvalue weighted by Crippen LogP contribution is -2.11. The fourth-order valence-corrected chi connectivity index (χ4v) is 3.67. The first-order valence-electron chi connectivity index (χ1n) is 8.14. The normalized spacial score (nSPS) is 11.4. The molecule has 0 aliphatic heterocycles. The quantitative estimate of drug-likeness (QED) is 0.394. The molecule has 0 aliphatic rings. The molecule has 3 heterocycles. The molecule has 6 heteroatoms. The summed E-state index contributed by atoms with van der Waals surface area (Å²) in [5.74, 6) is 0. The van der Waals surface area contributed by atoms with E-state index in [-0.39, 0.29) is 5.56 Å². The molecule has 0 aliphatic carbocycles. The summed E-state index contributed by atoms with van der Waals surface area (Å²) in [4.78, 5) is 26.4. The maximum Gasteiger partial charge on any atom is 0.274 e. The molecule has 0 saturated carbocycles. The van der Waals surface area contributed by atoms with Crippen LogP contribution in [0.5, 0.6) is 0 Å². The van der Waals surface area contributed by atoms with Crippen LogP contribution in [0.1, 0.15) is 0 Å². The van der Waals surface area contributed by atoms with Crippen molar-refractivity contribution in [2.24, 2.45) is 0 Å². The third kappa shape index (κ3) is 2.30. The number of H-pyrrole nitrogens is 3. The van der Waals surface area contributed by atoms with Gasteiger partial charge in [-0.05, 0) is 18.2 Å². The standard InChI is InChI=1S/C20H13BrN4O/c21-11-5-6-13-14(8-23-17(13)7-11)18-10-24-20(26)19(25-18)15-9-22-16-4-2-1-3-12(15)16/h1-10,22-23H,(H,24,26). The average Bonchev–Trinajstić information content (AvgIpc) is 3.26. The van der Waals surface area contributed by atoms with Gasteiger partial charge in [-0.15, -0.1) is 0 Å². The molecule has 3 N–H and O–H groups in total. The molecule has 0 spiro atoms. The van der Waals surface area contributed by atoms with Crippen LogP contribution in [0.3, 0.4) is 0 Å². The molecule has 26 heavy (non-hydrogen) atoms. The fourth-order valence-electron chi connectivity index (χ4n) is 3.30. The molecule has 5 rings (SSSR count). The van der Waals surface area contributed by atoms with Crippen LogP contribution in [-0.4, -0.2) is 19.9 Å². The minimum absolute atomic E-state index is 0.207. The van der Waals surface area contributed by atoms with Crippen LogP contribution in [0.4, 0.5) is 0 Å². The predicted molar refractivity (Wildman–Crippen MR) is 107 cm³/mol. The topological polar surface area (TPSA) is 77.3 Å². The van der Waals surface area contributed by atoms with Gasteiger partial charge in [0.25, 0.3) is 5.56 Å². The molecular weight excluding hydrogens is 392 g/mol. The van der Waals surface area contributed by atoms with Gasteiger partial charge in [-0.3, -0.25) is 4.79 Å². The van der Waals surface area contributed by atoms with Gasteiger partial charge in [-0.1, -0.05) is 40.2 Å². The average molecular weight is 405 g/mol. The number of aromatic nitrogens is 4. The Morgan fingerprint density at radius 2 is 1.58 bits per heavy atom. The first-order chi connectivity index (χ1) is 12.7. The maximum absolute atomic E-state index is 12.4. The van der Waals surface area contributed by atoms with Crippen molar-refractivity contribution in [3.8, 4) is 22.5 Å². The number of halogens is 1. The van der Waals surface area contributed by atoms with Crippen molar-refractivity contribution in [1.82, 2.24) is 19.9 Å². The monoisotopic (exact) mass is 404 g/mol. The summed E-state index contributed by atoms with van der Waals surface area (Å²) in [6.07, 6.45) is 5.40. The minimum Gasteiger partial charge on any atom is -0.360 e. The van der Waals surface area contributed by atoms with Gasteiger partial charge >= 0.3 is 0 Å². The highest BCUT2D eigenvalue weighted by Crippen LogP contribution is 2.30. The van der Waals surface area contributed by atoms with Crippen molar-refractivity contribution in [1.29, 1.82) is 0 Å². The van der Waals surface area contributed by atoms with E-state index in [2.05, 4.69) is 35.9 Å². The van der Waals surface area contributed by atoms with Crippen molar-refractivity contribution < 1.29 is 0 Å². The molecule has 5 aromatic rings. The molecule has 0 amide bonds.